The van der Waals surface area contributed by atoms with Gasteiger partial charge >= 0.3 is 6.18 Å². The van der Waals surface area contributed by atoms with Crippen LogP contribution in [0.5, 0.6) is 5.75 Å². The lowest BCUT2D eigenvalue weighted by Crippen LogP contribution is -2.50. The van der Waals surface area contributed by atoms with Crippen molar-refractivity contribution >= 4 is 17.5 Å². The van der Waals surface area contributed by atoms with Gasteiger partial charge in [-0.3, -0.25) is 14.9 Å². The molecule has 0 saturated carbocycles. The van der Waals surface area contributed by atoms with E-state index in [1.807, 2.05) is 0 Å². The molecular formula is C17H17F3N6O3. The Kier molecular flexibility index (Phi) is 4.45. The van der Waals surface area contributed by atoms with Crippen LogP contribution in [0.4, 0.5) is 18.9 Å². The van der Waals surface area contributed by atoms with Crippen LogP contribution in [0, 0.1) is 5.92 Å². The normalized spacial score (nSPS) is 24.3. The number of hydrogen-bond acceptors (Lipinski definition) is 6. The van der Waals surface area contributed by atoms with E-state index in [0.717, 1.165) is 4.68 Å². The van der Waals surface area contributed by atoms with Gasteiger partial charge < -0.3 is 15.4 Å². The summed E-state index contributed by atoms with van der Waals surface area (Å²) in [6.07, 6.45) is -4.67. The molecule has 1 aromatic carbocycles. The number of nitrogens with zero attached hydrogens (tertiary/aromatic N) is 4. The Hall–Kier alpha value is -3.15. The van der Waals surface area contributed by atoms with Crippen molar-refractivity contribution in [2.75, 3.05) is 25.1 Å². The first-order chi connectivity index (χ1) is 13.7. The van der Waals surface area contributed by atoms with E-state index in [-0.39, 0.29) is 19.1 Å². The van der Waals surface area contributed by atoms with Gasteiger partial charge in [0, 0.05) is 13.6 Å². The van der Waals surface area contributed by atoms with Gasteiger partial charge in [-0.2, -0.15) is 13.2 Å². The van der Waals surface area contributed by atoms with Gasteiger partial charge in [0.2, 0.25) is 11.7 Å². The number of carbonyl (C=O) groups excluding carboxylic acids is 2. The van der Waals surface area contributed by atoms with Crippen molar-refractivity contribution in [1.82, 2.24) is 20.1 Å². The van der Waals surface area contributed by atoms with E-state index in [2.05, 4.69) is 15.4 Å². The van der Waals surface area contributed by atoms with Crippen molar-refractivity contribution in [2.45, 2.75) is 18.3 Å². The summed E-state index contributed by atoms with van der Waals surface area (Å²) in [7, 11) is 1.56. The zero-order chi connectivity index (χ0) is 20.9. The van der Waals surface area contributed by atoms with Crippen molar-refractivity contribution in [1.29, 1.82) is 0 Å². The van der Waals surface area contributed by atoms with E-state index < -0.39 is 41.7 Å². The number of ether oxygens (including phenoxy) is 1. The Bertz CT molecular complexity index is 976. The minimum absolute atomic E-state index is 0.0750. The first kappa shape index (κ1) is 19.2. The minimum atomic E-state index is -4.67. The van der Waals surface area contributed by atoms with Gasteiger partial charge in [-0.15, -0.1) is 5.10 Å². The molecule has 3 N–H and O–H groups in total. The van der Waals surface area contributed by atoms with Crippen LogP contribution in [0.3, 0.4) is 0 Å². The standard InChI is InChI=1S/C17H17F3N6O3/c1-25-9-4-2-3-5-11(9)29-7-8(16(25)28)10-6-22-12(17(18,19)20)15-23-14(13(21)27)24-26(10)15/h2-5,8,10,12,22H,6-7H2,1H3,(H2,21,27)/t8-,10?,12?/m1/s1. The second-order valence-electron chi connectivity index (χ2n) is 6.84. The largest absolute Gasteiger partial charge is 0.490 e. The maximum Gasteiger partial charge on any atom is 0.411 e. The molecule has 0 saturated heterocycles. The van der Waals surface area contributed by atoms with E-state index in [9.17, 15) is 22.8 Å². The smallest absolute Gasteiger partial charge is 0.411 e. The number of carbonyl (C=O) groups is 2. The maximum atomic E-state index is 13.4. The fourth-order valence-electron chi connectivity index (χ4n) is 3.62. The summed E-state index contributed by atoms with van der Waals surface area (Å²) in [6, 6.07) is 3.93. The van der Waals surface area contributed by atoms with Gasteiger partial charge in [-0.1, -0.05) is 12.1 Å². The molecule has 29 heavy (non-hydrogen) atoms. The molecule has 154 valence electrons. The molecule has 2 unspecified atom stereocenters. The number of benzene rings is 1. The molecule has 2 aromatic rings. The van der Waals surface area contributed by atoms with E-state index in [1.54, 1.807) is 31.3 Å². The van der Waals surface area contributed by atoms with Crippen molar-refractivity contribution in [3.8, 4) is 5.75 Å². The van der Waals surface area contributed by atoms with Crippen molar-refractivity contribution in [2.24, 2.45) is 11.7 Å². The molecule has 3 heterocycles. The highest BCUT2D eigenvalue weighted by molar-refractivity contribution is 5.97. The molecule has 1 aromatic heterocycles. The molecule has 2 aliphatic rings. The number of hydrogen-bond donors (Lipinski definition) is 2. The number of alkyl halides is 3. The summed E-state index contributed by atoms with van der Waals surface area (Å²) in [5.74, 6) is -2.84. The third-order valence-electron chi connectivity index (χ3n) is 5.07. The van der Waals surface area contributed by atoms with Gasteiger partial charge in [-0.25, -0.2) is 9.67 Å². The molecular weight excluding hydrogens is 393 g/mol. The molecule has 12 heteroatoms. The SMILES string of the molecule is CN1C(=O)[C@@H](C2CNC(C(F)(F)F)c3nc(C(N)=O)nn32)COc2ccccc21. The molecule has 4 rings (SSSR count). The molecule has 3 atom stereocenters. The van der Waals surface area contributed by atoms with Crippen LogP contribution < -0.4 is 20.7 Å². The van der Waals surface area contributed by atoms with Crippen LogP contribution in [-0.4, -0.2) is 53.0 Å². The lowest BCUT2D eigenvalue weighted by molar-refractivity contribution is -0.164. The first-order valence-electron chi connectivity index (χ1n) is 8.74. The van der Waals surface area contributed by atoms with Crippen molar-refractivity contribution < 1.29 is 27.5 Å². The van der Waals surface area contributed by atoms with Crippen LogP contribution in [0.25, 0.3) is 0 Å². The molecule has 0 bridgehead atoms. The van der Waals surface area contributed by atoms with E-state index >= 15 is 0 Å². The number of aromatic nitrogens is 3. The first-order valence-corrected chi connectivity index (χ1v) is 8.74. The highest BCUT2D eigenvalue weighted by atomic mass is 19.4. The zero-order valence-corrected chi connectivity index (χ0v) is 15.2. The maximum absolute atomic E-state index is 13.4. The number of halogens is 3. The number of nitrogens with two attached hydrogens (primary N) is 1. The molecule has 0 radical (unpaired) electrons. The predicted molar refractivity (Wildman–Crippen MR) is 93.2 cm³/mol. The Balaban J connectivity index is 1.74. The van der Waals surface area contributed by atoms with Crippen LogP contribution in [0.15, 0.2) is 24.3 Å². The van der Waals surface area contributed by atoms with Crippen molar-refractivity contribution in [3.63, 3.8) is 0 Å². The van der Waals surface area contributed by atoms with Crippen LogP contribution >= 0.6 is 0 Å². The number of fused-ring (bicyclic) bond motifs is 2. The predicted octanol–water partition coefficient (Wildman–Crippen LogP) is 0.796. The van der Waals surface area contributed by atoms with Gasteiger partial charge in [0.25, 0.3) is 5.91 Å². The number of primary amides is 1. The van der Waals surface area contributed by atoms with Gasteiger partial charge in [-0.05, 0) is 12.1 Å². The van der Waals surface area contributed by atoms with E-state index in [1.165, 1.54) is 4.90 Å². The highest BCUT2D eigenvalue weighted by Crippen LogP contribution is 2.39. The molecule has 0 aliphatic carbocycles. The third kappa shape index (κ3) is 3.18. The lowest BCUT2D eigenvalue weighted by atomic mass is 9.96. The van der Waals surface area contributed by atoms with Crippen LogP contribution in [-0.2, 0) is 4.79 Å². The summed E-state index contributed by atoms with van der Waals surface area (Å²) in [5, 5.41) is 6.24. The van der Waals surface area contributed by atoms with Gasteiger partial charge in [0.15, 0.2) is 11.9 Å². The monoisotopic (exact) mass is 410 g/mol. The number of nitrogens with one attached hydrogen (secondary N) is 1. The molecule has 2 amide bonds. The molecule has 0 fully saturated rings. The Morgan fingerprint density at radius 3 is 2.76 bits per heavy atom. The molecule has 2 aliphatic heterocycles. The van der Waals surface area contributed by atoms with E-state index in [0.29, 0.717) is 11.4 Å². The second-order valence-corrected chi connectivity index (χ2v) is 6.84. The summed E-state index contributed by atoms with van der Waals surface area (Å²) >= 11 is 0. The van der Waals surface area contributed by atoms with Crippen LogP contribution in [0.1, 0.15) is 28.5 Å². The van der Waals surface area contributed by atoms with E-state index in [4.69, 9.17) is 10.5 Å². The Morgan fingerprint density at radius 2 is 2.07 bits per heavy atom. The topological polar surface area (TPSA) is 115 Å². The average Bonchev–Trinajstić information content (AvgIpc) is 3.07. The summed E-state index contributed by atoms with van der Waals surface area (Å²) in [5.41, 5.74) is 5.71. The number of anilines is 1. The van der Waals surface area contributed by atoms with Gasteiger partial charge in [0.1, 0.15) is 12.4 Å². The Morgan fingerprint density at radius 1 is 1.34 bits per heavy atom. The Labute approximate surface area is 162 Å². The quantitative estimate of drug-likeness (QED) is 0.757. The number of para-hydroxylation sites is 2. The fraction of sp³-hybridized carbons (Fsp3) is 0.412. The number of amides is 2. The molecule has 9 nitrogen and oxygen atoms in total. The average molecular weight is 410 g/mol. The minimum Gasteiger partial charge on any atom is -0.490 e. The zero-order valence-electron chi connectivity index (χ0n) is 15.2. The molecule has 0 spiro atoms. The van der Waals surface area contributed by atoms with Crippen LogP contribution in [0.2, 0.25) is 0 Å². The van der Waals surface area contributed by atoms with Gasteiger partial charge in [0.05, 0.1) is 17.6 Å². The highest BCUT2D eigenvalue weighted by Gasteiger charge is 2.50. The fourth-order valence-corrected chi connectivity index (χ4v) is 3.62. The summed E-state index contributed by atoms with van der Waals surface area (Å²) < 4.78 is 47.0. The lowest BCUT2D eigenvalue weighted by Gasteiger charge is -2.35. The summed E-state index contributed by atoms with van der Waals surface area (Å²) in [4.78, 5) is 29.6. The van der Waals surface area contributed by atoms with Crippen molar-refractivity contribution in [3.05, 3.63) is 35.9 Å². The third-order valence-corrected chi connectivity index (χ3v) is 5.07. The number of rotatable bonds is 2. The second kappa shape index (κ2) is 6.72. The summed E-state index contributed by atoms with van der Waals surface area (Å²) in [6.45, 7) is -0.295.